The summed E-state index contributed by atoms with van der Waals surface area (Å²) in [7, 11) is 0. The molecule has 5 nitrogen and oxygen atoms in total. The molecule has 0 spiro atoms. The maximum atomic E-state index is 13.3. The van der Waals surface area contributed by atoms with Crippen LogP contribution in [0.4, 0.5) is 4.39 Å². The zero-order chi connectivity index (χ0) is 22.8. The van der Waals surface area contributed by atoms with Crippen LogP contribution in [-0.2, 0) is 4.79 Å². The van der Waals surface area contributed by atoms with Crippen molar-refractivity contribution >= 4 is 16.8 Å². The van der Waals surface area contributed by atoms with Crippen LogP contribution in [-0.4, -0.2) is 21.7 Å². The zero-order valence-electron chi connectivity index (χ0n) is 18.4. The van der Waals surface area contributed by atoms with Gasteiger partial charge in [-0.25, -0.2) is 9.07 Å². The van der Waals surface area contributed by atoms with Gasteiger partial charge in [-0.15, -0.1) is 0 Å². The Kier molecular flexibility index (Phi) is 6.96. The number of amides is 1. The number of nitrogens with zero attached hydrogens (tertiary/aromatic N) is 2. The lowest BCUT2D eigenvalue weighted by Crippen LogP contribution is -2.43. The van der Waals surface area contributed by atoms with Crippen molar-refractivity contribution in [1.29, 1.82) is 0 Å². The molecular weight excluding hydrogens is 429 g/mol. The molecule has 0 unspecified atom stereocenters. The molecule has 0 saturated heterocycles. The van der Waals surface area contributed by atoms with Crippen LogP contribution < -0.4 is 10.1 Å². The predicted molar refractivity (Wildman–Crippen MR) is 133 cm³/mol. The van der Waals surface area contributed by atoms with Gasteiger partial charge in [-0.2, -0.15) is 5.10 Å². The Morgan fingerprint density at radius 1 is 1.09 bits per heavy atom. The van der Waals surface area contributed by atoms with Crippen molar-refractivity contribution in [3.63, 3.8) is 0 Å². The van der Waals surface area contributed by atoms with E-state index in [1.54, 1.807) is 23.0 Å². The number of nitrogens with one attached hydrogen (secondary N) is 1. The number of fused-ring (bicyclic) bond motifs is 1. The third kappa shape index (κ3) is 4.81. The molecule has 0 aliphatic heterocycles. The molecule has 176 valence electrons. The standard InChI is InChI=1S/C27H26FN3O2.CH4/c1-18(30-27(32)20-8-5-9-20)26(19-6-3-2-4-7-19)33-24-14-15-25-21(16-24)17-29-31(25)23-12-10-22(28)11-13-23;/h2-4,6-7,10-18,20,26H,5,8-9H2,1H3,(H,30,32);1H4/t18-,26-;/m0./s1. The van der Waals surface area contributed by atoms with Gasteiger partial charge in [-0.3, -0.25) is 4.79 Å². The van der Waals surface area contributed by atoms with Gasteiger partial charge in [0.15, 0.2) is 0 Å². The molecule has 1 fully saturated rings. The third-order valence-electron chi connectivity index (χ3n) is 6.30. The molecule has 1 heterocycles. The summed E-state index contributed by atoms with van der Waals surface area (Å²) in [5.74, 6) is 0.642. The fraction of sp³-hybridized carbons (Fsp3) is 0.286. The number of ether oxygens (including phenoxy) is 1. The summed E-state index contributed by atoms with van der Waals surface area (Å²) in [6, 6.07) is 21.8. The van der Waals surface area contributed by atoms with Crippen molar-refractivity contribution in [3.05, 3.63) is 90.4 Å². The minimum atomic E-state index is -0.334. The highest BCUT2D eigenvalue weighted by Crippen LogP contribution is 2.30. The first-order chi connectivity index (χ1) is 16.1. The number of hydrogen-bond donors (Lipinski definition) is 1. The first-order valence-electron chi connectivity index (χ1n) is 11.3. The van der Waals surface area contributed by atoms with Crippen LogP contribution in [0.15, 0.2) is 79.0 Å². The second-order valence-electron chi connectivity index (χ2n) is 8.63. The number of rotatable bonds is 7. The summed E-state index contributed by atoms with van der Waals surface area (Å²) < 4.78 is 21.5. The maximum absolute atomic E-state index is 13.3. The average molecular weight is 460 g/mol. The predicted octanol–water partition coefficient (Wildman–Crippen LogP) is 6.23. The molecule has 0 radical (unpaired) electrons. The zero-order valence-corrected chi connectivity index (χ0v) is 18.4. The van der Waals surface area contributed by atoms with E-state index in [1.807, 2.05) is 55.5 Å². The highest BCUT2D eigenvalue weighted by Gasteiger charge is 2.29. The van der Waals surface area contributed by atoms with Gasteiger partial charge in [-0.1, -0.05) is 44.2 Å². The van der Waals surface area contributed by atoms with E-state index in [4.69, 9.17) is 4.74 Å². The molecule has 5 rings (SSSR count). The normalized spacial score (nSPS) is 15.1. The molecule has 1 amide bonds. The molecule has 1 aliphatic carbocycles. The first-order valence-corrected chi connectivity index (χ1v) is 11.3. The van der Waals surface area contributed by atoms with Crippen molar-refractivity contribution in [1.82, 2.24) is 15.1 Å². The Labute approximate surface area is 199 Å². The van der Waals surface area contributed by atoms with Gasteiger partial charge >= 0.3 is 0 Å². The summed E-state index contributed by atoms with van der Waals surface area (Å²) in [5.41, 5.74) is 2.69. The third-order valence-corrected chi connectivity index (χ3v) is 6.30. The summed E-state index contributed by atoms with van der Waals surface area (Å²) in [5, 5.41) is 8.53. The van der Waals surface area contributed by atoms with Crippen LogP contribution in [0.2, 0.25) is 0 Å². The van der Waals surface area contributed by atoms with Crippen LogP contribution in [0.25, 0.3) is 16.6 Å². The molecular formula is C28H30FN3O2. The highest BCUT2D eigenvalue weighted by atomic mass is 19.1. The summed E-state index contributed by atoms with van der Waals surface area (Å²) in [6.45, 7) is 1.99. The number of carbonyl (C=O) groups is 1. The Balaban J connectivity index is 0.00000274. The van der Waals surface area contributed by atoms with Crippen LogP contribution >= 0.6 is 0 Å². The Bertz CT molecular complexity index is 1250. The van der Waals surface area contributed by atoms with Gasteiger partial charge in [0.05, 0.1) is 23.4 Å². The molecule has 1 aromatic heterocycles. The number of carbonyl (C=O) groups excluding carboxylic acids is 1. The van der Waals surface area contributed by atoms with Crippen LogP contribution in [0.3, 0.4) is 0 Å². The van der Waals surface area contributed by atoms with E-state index in [0.717, 1.165) is 41.4 Å². The van der Waals surface area contributed by atoms with E-state index in [-0.39, 0.29) is 37.2 Å². The van der Waals surface area contributed by atoms with E-state index in [2.05, 4.69) is 10.4 Å². The quantitative estimate of drug-likeness (QED) is 0.357. The topological polar surface area (TPSA) is 56.1 Å². The van der Waals surface area contributed by atoms with E-state index in [0.29, 0.717) is 5.75 Å². The second-order valence-corrected chi connectivity index (χ2v) is 8.63. The number of hydrogen-bond acceptors (Lipinski definition) is 3. The van der Waals surface area contributed by atoms with E-state index in [1.165, 1.54) is 12.1 Å². The Morgan fingerprint density at radius 3 is 2.50 bits per heavy atom. The van der Waals surface area contributed by atoms with Crippen LogP contribution in [0, 0.1) is 11.7 Å². The van der Waals surface area contributed by atoms with Crippen molar-refractivity contribution in [2.45, 2.75) is 45.8 Å². The lowest BCUT2D eigenvalue weighted by atomic mass is 9.84. The van der Waals surface area contributed by atoms with Gasteiger partial charge in [-0.05, 0) is 67.8 Å². The van der Waals surface area contributed by atoms with Gasteiger partial charge in [0.25, 0.3) is 0 Å². The monoisotopic (exact) mass is 459 g/mol. The number of aromatic nitrogens is 2. The second kappa shape index (κ2) is 10.1. The van der Waals surface area contributed by atoms with Gasteiger partial charge in [0, 0.05) is 11.3 Å². The van der Waals surface area contributed by atoms with Crippen LogP contribution in [0.1, 0.15) is 45.3 Å². The van der Waals surface area contributed by atoms with E-state index in [9.17, 15) is 9.18 Å². The molecule has 2 atom stereocenters. The lowest BCUT2D eigenvalue weighted by Gasteiger charge is -2.30. The van der Waals surface area contributed by atoms with E-state index < -0.39 is 0 Å². The summed E-state index contributed by atoms with van der Waals surface area (Å²) in [6.07, 6.45) is 4.48. The SMILES string of the molecule is C.C[C@H](NC(=O)C1CCC1)[C@H](Oc1ccc2c(cnn2-c2ccc(F)cc2)c1)c1ccccc1. The molecule has 1 aliphatic rings. The molecule has 4 aromatic rings. The average Bonchev–Trinajstić information content (AvgIpc) is 3.20. The molecule has 3 aromatic carbocycles. The number of halogens is 1. The Morgan fingerprint density at radius 2 is 1.82 bits per heavy atom. The largest absolute Gasteiger partial charge is 0.484 e. The van der Waals surface area contributed by atoms with Crippen molar-refractivity contribution in [3.8, 4) is 11.4 Å². The van der Waals surface area contributed by atoms with Gasteiger partial charge in [0.1, 0.15) is 17.7 Å². The maximum Gasteiger partial charge on any atom is 0.223 e. The molecule has 1 saturated carbocycles. The van der Waals surface area contributed by atoms with Gasteiger partial charge in [0.2, 0.25) is 5.91 Å². The molecule has 1 N–H and O–H groups in total. The number of benzene rings is 3. The van der Waals surface area contributed by atoms with Crippen LogP contribution in [0.5, 0.6) is 5.75 Å². The minimum Gasteiger partial charge on any atom is -0.484 e. The van der Waals surface area contributed by atoms with Crippen molar-refractivity contribution < 1.29 is 13.9 Å². The summed E-state index contributed by atoms with van der Waals surface area (Å²) in [4.78, 5) is 12.6. The molecule has 34 heavy (non-hydrogen) atoms. The fourth-order valence-corrected chi connectivity index (χ4v) is 4.21. The van der Waals surface area contributed by atoms with Crippen molar-refractivity contribution in [2.24, 2.45) is 5.92 Å². The summed E-state index contributed by atoms with van der Waals surface area (Å²) >= 11 is 0. The Hall–Kier alpha value is -3.67. The molecule has 6 heteroatoms. The van der Waals surface area contributed by atoms with Crippen molar-refractivity contribution in [2.75, 3.05) is 0 Å². The fourth-order valence-electron chi connectivity index (χ4n) is 4.21. The first kappa shape index (κ1) is 23.5. The van der Waals surface area contributed by atoms with E-state index >= 15 is 0 Å². The smallest absolute Gasteiger partial charge is 0.223 e. The minimum absolute atomic E-state index is 0. The molecule has 0 bridgehead atoms. The lowest BCUT2D eigenvalue weighted by molar-refractivity contribution is -0.128. The van der Waals surface area contributed by atoms with Gasteiger partial charge < -0.3 is 10.1 Å². The highest BCUT2D eigenvalue weighted by molar-refractivity contribution is 5.82.